The zero-order valence-corrected chi connectivity index (χ0v) is 12.2. The van der Waals surface area contributed by atoms with Gasteiger partial charge in [-0.05, 0) is 29.7 Å². The number of amides is 1. The first kappa shape index (κ1) is 13.8. The fourth-order valence-corrected chi connectivity index (χ4v) is 2.59. The third kappa shape index (κ3) is 3.31. The molecule has 0 saturated heterocycles. The molecular formula is C17H15ClN2O. The van der Waals surface area contributed by atoms with E-state index in [1.165, 1.54) is 0 Å². The van der Waals surface area contributed by atoms with Crippen LogP contribution >= 0.6 is 11.6 Å². The van der Waals surface area contributed by atoms with Crippen molar-refractivity contribution in [3.63, 3.8) is 0 Å². The van der Waals surface area contributed by atoms with Crippen LogP contribution in [0.3, 0.4) is 0 Å². The molecule has 1 N–H and O–H groups in total. The SMILES string of the molecule is O=C1NN=C(c2ccccc2)CC1Cc1ccc(Cl)cc1. The van der Waals surface area contributed by atoms with E-state index in [4.69, 9.17) is 11.6 Å². The van der Waals surface area contributed by atoms with Gasteiger partial charge < -0.3 is 0 Å². The van der Waals surface area contributed by atoms with E-state index in [9.17, 15) is 4.79 Å². The molecular weight excluding hydrogens is 284 g/mol. The highest BCUT2D eigenvalue weighted by molar-refractivity contribution is 6.30. The van der Waals surface area contributed by atoms with Crippen LogP contribution in [0.5, 0.6) is 0 Å². The second kappa shape index (κ2) is 6.10. The Morgan fingerprint density at radius 2 is 1.81 bits per heavy atom. The van der Waals surface area contributed by atoms with Crippen LogP contribution in [0.15, 0.2) is 59.7 Å². The number of nitrogens with one attached hydrogen (secondary N) is 1. The molecule has 1 atom stereocenters. The second-order valence-electron chi connectivity index (χ2n) is 5.13. The lowest BCUT2D eigenvalue weighted by atomic mass is 9.90. The van der Waals surface area contributed by atoms with Crippen molar-refractivity contribution < 1.29 is 4.79 Å². The smallest absolute Gasteiger partial charge is 0.243 e. The van der Waals surface area contributed by atoms with Crippen molar-refractivity contribution in [2.75, 3.05) is 0 Å². The van der Waals surface area contributed by atoms with Gasteiger partial charge in [0.15, 0.2) is 0 Å². The molecule has 0 radical (unpaired) electrons. The quantitative estimate of drug-likeness (QED) is 0.927. The molecule has 2 aromatic rings. The Bertz CT molecular complexity index is 665. The minimum atomic E-state index is -0.0983. The summed E-state index contributed by atoms with van der Waals surface area (Å²) in [5.41, 5.74) is 5.72. The van der Waals surface area contributed by atoms with Gasteiger partial charge in [0.25, 0.3) is 0 Å². The highest BCUT2D eigenvalue weighted by atomic mass is 35.5. The highest BCUT2D eigenvalue weighted by Crippen LogP contribution is 2.20. The lowest BCUT2D eigenvalue weighted by Gasteiger charge is -2.21. The molecule has 0 aromatic heterocycles. The van der Waals surface area contributed by atoms with Crippen molar-refractivity contribution in [2.24, 2.45) is 11.0 Å². The summed E-state index contributed by atoms with van der Waals surface area (Å²) < 4.78 is 0. The summed E-state index contributed by atoms with van der Waals surface area (Å²) >= 11 is 5.89. The topological polar surface area (TPSA) is 41.5 Å². The van der Waals surface area contributed by atoms with Crippen molar-refractivity contribution in [3.05, 3.63) is 70.7 Å². The molecule has 1 unspecified atom stereocenters. The molecule has 1 amide bonds. The van der Waals surface area contributed by atoms with Crippen molar-refractivity contribution in [1.82, 2.24) is 5.43 Å². The molecule has 0 saturated carbocycles. The molecule has 2 aromatic carbocycles. The van der Waals surface area contributed by atoms with Crippen molar-refractivity contribution in [3.8, 4) is 0 Å². The maximum atomic E-state index is 12.0. The number of rotatable bonds is 3. The fraction of sp³-hybridized carbons (Fsp3) is 0.176. The Hall–Kier alpha value is -2.13. The Morgan fingerprint density at radius 1 is 1.10 bits per heavy atom. The van der Waals surface area contributed by atoms with Crippen molar-refractivity contribution in [1.29, 1.82) is 0 Å². The largest absolute Gasteiger partial charge is 0.273 e. The predicted octanol–water partition coefficient (Wildman–Crippen LogP) is 3.42. The van der Waals surface area contributed by atoms with Gasteiger partial charge in [0.2, 0.25) is 5.91 Å². The molecule has 106 valence electrons. The zero-order chi connectivity index (χ0) is 14.7. The van der Waals surface area contributed by atoms with Gasteiger partial charge in [0.1, 0.15) is 0 Å². The van der Waals surface area contributed by atoms with Crippen molar-refractivity contribution >= 4 is 23.2 Å². The Labute approximate surface area is 128 Å². The minimum absolute atomic E-state index is 0.0235. The second-order valence-corrected chi connectivity index (χ2v) is 5.57. The molecule has 3 nitrogen and oxygen atoms in total. The van der Waals surface area contributed by atoms with E-state index < -0.39 is 0 Å². The van der Waals surface area contributed by atoms with Gasteiger partial charge in [-0.25, -0.2) is 5.43 Å². The highest BCUT2D eigenvalue weighted by Gasteiger charge is 2.25. The van der Waals surface area contributed by atoms with E-state index >= 15 is 0 Å². The molecule has 1 aliphatic heterocycles. The standard InChI is InChI=1S/C17H15ClN2O/c18-15-8-6-12(7-9-15)10-14-11-16(19-20-17(14)21)13-4-2-1-3-5-13/h1-9,14H,10-11H2,(H,20,21). The average molecular weight is 299 g/mol. The van der Waals surface area contributed by atoms with Crippen LogP contribution in [0.2, 0.25) is 5.02 Å². The van der Waals surface area contributed by atoms with Crippen LogP contribution < -0.4 is 5.43 Å². The normalized spacial score (nSPS) is 18.0. The summed E-state index contributed by atoms with van der Waals surface area (Å²) in [6.45, 7) is 0. The van der Waals surface area contributed by atoms with E-state index in [2.05, 4.69) is 10.5 Å². The van der Waals surface area contributed by atoms with Crippen LogP contribution in [0.1, 0.15) is 17.5 Å². The average Bonchev–Trinajstić information content (AvgIpc) is 2.52. The first-order valence-electron chi connectivity index (χ1n) is 6.88. The third-order valence-corrected chi connectivity index (χ3v) is 3.87. The molecule has 0 spiro atoms. The number of hydrogen-bond donors (Lipinski definition) is 1. The van der Waals surface area contributed by atoms with Gasteiger partial charge in [-0.15, -0.1) is 0 Å². The molecule has 3 rings (SSSR count). The summed E-state index contributed by atoms with van der Waals surface area (Å²) in [4.78, 5) is 12.0. The van der Waals surface area contributed by atoms with Crippen LogP contribution in [0.25, 0.3) is 0 Å². The number of hydrazone groups is 1. The molecule has 4 heteroatoms. The van der Waals surface area contributed by atoms with Gasteiger partial charge in [-0.3, -0.25) is 4.79 Å². The van der Waals surface area contributed by atoms with E-state index in [1.807, 2.05) is 54.6 Å². The lowest BCUT2D eigenvalue weighted by molar-refractivity contribution is -0.125. The van der Waals surface area contributed by atoms with E-state index in [-0.39, 0.29) is 11.8 Å². The van der Waals surface area contributed by atoms with E-state index in [0.717, 1.165) is 16.8 Å². The van der Waals surface area contributed by atoms with E-state index in [1.54, 1.807) is 0 Å². The number of carbonyl (C=O) groups excluding carboxylic acids is 1. The van der Waals surface area contributed by atoms with Gasteiger partial charge >= 0.3 is 0 Å². The predicted molar refractivity (Wildman–Crippen MR) is 84.4 cm³/mol. The summed E-state index contributed by atoms with van der Waals surface area (Å²) in [5.74, 6) is -0.122. The summed E-state index contributed by atoms with van der Waals surface area (Å²) in [5, 5.41) is 4.89. The van der Waals surface area contributed by atoms with Crippen molar-refractivity contribution in [2.45, 2.75) is 12.8 Å². The molecule has 0 aliphatic carbocycles. The summed E-state index contributed by atoms with van der Waals surface area (Å²) in [7, 11) is 0. The Kier molecular flexibility index (Phi) is 4.02. The molecule has 0 fully saturated rings. The van der Waals surface area contributed by atoms with Crippen LogP contribution in [0.4, 0.5) is 0 Å². The monoisotopic (exact) mass is 298 g/mol. The Morgan fingerprint density at radius 3 is 2.52 bits per heavy atom. The number of nitrogens with zero attached hydrogens (tertiary/aromatic N) is 1. The first-order valence-corrected chi connectivity index (χ1v) is 7.26. The molecule has 1 heterocycles. The van der Waals surface area contributed by atoms with Gasteiger partial charge in [0, 0.05) is 17.4 Å². The number of benzene rings is 2. The zero-order valence-electron chi connectivity index (χ0n) is 11.4. The Balaban J connectivity index is 1.76. The molecule has 21 heavy (non-hydrogen) atoms. The number of hydrogen-bond acceptors (Lipinski definition) is 2. The minimum Gasteiger partial charge on any atom is -0.273 e. The maximum absolute atomic E-state index is 12.0. The summed E-state index contributed by atoms with van der Waals surface area (Å²) in [6.07, 6.45) is 1.34. The van der Waals surface area contributed by atoms with Gasteiger partial charge in [-0.1, -0.05) is 54.1 Å². The fourth-order valence-electron chi connectivity index (χ4n) is 2.47. The number of carbonyl (C=O) groups is 1. The van der Waals surface area contributed by atoms with E-state index in [0.29, 0.717) is 17.9 Å². The lowest BCUT2D eigenvalue weighted by Crippen LogP contribution is -2.36. The third-order valence-electron chi connectivity index (χ3n) is 3.61. The van der Waals surface area contributed by atoms with Gasteiger partial charge in [-0.2, -0.15) is 5.10 Å². The maximum Gasteiger partial charge on any atom is 0.243 e. The number of halogens is 1. The first-order chi connectivity index (χ1) is 10.2. The van der Waals surface area contributed by atoms with Crippen LogP contribution in [-0.4, -0.2) is 11.6 Å². The molecule has 1 aliphatic rings. The molecule has 0 bridgehead atoms. The van der Waals surface area contributed by atoms with Gasteiger partial charge in [0.05, 0.1) is 5.71 Å². The van der Waals surface area contributed by atoms with Crippen LogP contribution in [0, 0.1) is 5.92 Å². The summed E-state index contributed by atoms with van der Waals surface area (Å²) in [6, 6.07) is 17.6. The van der Waals surface area contributed by atoms with Crippen LogP contribution in [-0.2, 0) is 11.2 Å².